The third-order valence-electron chi connectivity index (χ3n) is 5.15. The van der Waals surface area contributed by atoms with Crippen LogP contribution in [0.1, 0.15) is 52.4 Å². The minimum absolute atomic E-state index is 0.150. The van der Waals surface area contributed by atoms with E-state index in [0.29, 0.717) is 25.8 Å². The van der Waals surface area contributed by atoms with Crippen LogP contribution < -0.4 is 38.9 Å². The zero-order chi connectivity index (χ0) is 26.4. The van der Waals surface area contributed by atoms with Gasteiger partial charge in [-0.2, -0.15) is 0 Å². The van der Waals surface area contributed by atoms with Gasteiger partial charge in [0.2, 0.25) is 29.5 Å². The summed E-state index contributed by atoms with van der Waals surface area (Å²) in [5.41, 5.74) is 21.2. The number of carboxylic acid groups (broad SMARTS) is 1. The van der Waals surface area contributed by atoms with Gasteiger partial charge in [-0.1, -0.05) is 20.3 Å². The zero-order valence-corrected chi connectivity index (χ0v) is 19.5. The molecule has 14 nitrogen and oxygen atoms in total. The van der Waals surface area contributed by atoms with Gasteiger partial charge in [0.05, 0.1) is 18.9 Å². The number of nitrogens with two attached hydrogens (primary N) is 4. The summed E-state index contributed by atoms with van der Waals surface area (Å²) in [5, 5.41) is 16.5. The van der Waals surface area contributed by atoms with Gasteiger partial charge in [-0.15, -0.1) is 0 Å². The molecule has 0 aromatic heterocycles. The van der Waals surface area contributed by atoms with Crippen molar-refractivity contribution < 1.29 is 33.9 Å². The summed E-state index contributed by atoms with van der Waals surface area (Å²) in [6, 6.07) is -5.20. The lowest BCUT2D eigenvalue weighted by molar-refractivity contribution is -0.143. The summed E-state index contributed by atoms with van der Waals surface area (Å²) < 4.78 is 0. The van der Waals surface area contributed by atoms with Crippen molar-refractivity contribution in [1.82, 2.24) is 16.0 Å². The Morgan fingerprint density at radius 2 is 1.38 bits per heavy atom. The average Bonchev–Trinajstić information content (AvgIpc) is 2.74. The van der Waals surface area contributed by atoms with Crippen LogP contribution in [0.2, 0.25) is 0 Å². The van der Waals surface area contributed by atoms with E-state index in [1.54, 1.807) is 13.8 Å². The quantitative estimate of drug-likeness (QED) is 0.0957. The lowest BCUT2D eigenvalue weighted by Gasteiger charge is -2.27. The largest absolute Gasteiger partial charge is 0.480 e. The van der Waals surface area contributed by atoms with Crippen molar-refractivity contribution in [3.8, 4) is 0 Å². The van der Waals surface area contributed by atoms with E-state index in [2.05, 4.69) is 16.0 Å². The van der Waals surface area contributed by atoms with Crippen LogP contribution >= 0.6 is 0 Å². The van der Waals surface area contributed by atoms with Crippen LogP contribution in [-0.2, 0) is 28.8 Å². The smallest absolute Gasteiger partial charge is 0.326 e. The van der Waals surface area contributed by atoms with Crippen LogP contribution in [0, 0.1) is 5.92 Å². The summed E-state index contributed by atoms with van der Waals surface area (Å²) in [4.78, 5) is 71.8. The number of carbonyl (C=O) groups is 6. The van der Waals surface area contributed by atoms with Gasteiger partial charge in [0.1, 0.15) is 18.1 Å². The third-order valence-corrected chi connectivity index (χ3v) is 5.15. The van der Waals surface area contributed by atoms with Crippen LogP contribution in [-0.4, -0.2) is 71.3 Å². The first-order chi connectivity index (χ1) is 15.8. The fraction of sp³-hybridized carbons (Fsp3) is 0.700. The summed E-state index contributed by atoms with van der Waals surface area (Å²) in [6.45, 7) is 3.81. The second-order valence-electron chi connectivity index (χ2n) is 8.06. The predicted octanol–water partition coefficient (Wildman–Crippen LogP) is -3.22. The minimum atomic E-state index is -1.48. The van der Waals surface area contributed by atoms with Crippen LogP contribution in [0.15, 0.2) is 0 Å². The number of rotatable bonds is 17. The number of carboxylic acids is 1. The van der Waals surface area contributed by atoms with E-state index in [1.807, 2.05) is 0 Å². The second kappa shape index (κ2) is 15.6. The molecule has 12 N–H and O–H groups in total. The summed E-state index contributed by atoms with van der Waals surface area (Å²) >= 11 is 0. The number of amides is 5. The predicted molar refractivity (Wildman–Crippen MR) is 121 cm³/mol. The number of unbranched alkanes of at least 4 members (excludes halogenated alkanes) is 1. The van der Waals surface area contributed by atoms with Gasteiger partial charge in [-0.05, 0) is 31.7 Å². The number of carbonyl (C=O) groups excluding carboxylic acids is 5. The number of hydrogen-bond donors (Lipinski definition) is 8. The van der Waals surface area contributed by atoms with Crippen LogP contribution in [0.5, 0.6) is 0 Å². The molecule has 0 aliphatic carbocycles. The van der Waals surface area contributed by atoms with Crippen LogP contribution in [0.3, 0.4) is 0 Å². The molecule has 194 valence electrons. The highest BCUT2D eigenvalue weighted by Crippen LogP contribution is 2.11. The van der Waals surface area contributed by atoms with E-state index in [0.717, 1.165) is 0 Å². The van der Waals surface area contributed by atoms with Crippen molar-refractivity contribution >= 4 is 35.5 Å². The Kier molecular flexibility index (Phi) is 14.1. The number of nitrogens with one attached hydrogen (secondary N) is 3. The molecule has 14 heteroatoms. The Hall–Kier alpha value is -3.26. The molecule has 0 aromatic rings. The molecule has 5 unspecified atom stereocenters. The highest BCUT2D eigenvalue weighted by Gasteiger charge is 2.33. The molecule has 0 rings (SSSR count). The lowest BCUT2D eigenvalue weighted by Crippen LogP contribution is -2.59. The first-order valence-corrected chi connectivity index (χ1v) is 11.0. The first kappa shape index (κ1) is 30.7. The first-order valence-electron chi connectivity index (χ1n) is 11.0. The molecule has 5 atom stereocenters. The molecule has 0 radical (unpaired) electrons. The van der Waals surface area contributed by atoms with E-state index in [-0.39, 0.29) is 6.42 Å². The monoisotopic (exact) mass is 487 g/mol. The van der Waals surface area contributed by atoms with Crippen molar-refractivity contribution in [2.75, 3.05) is 6.54 Å². The van der Waals surface area contributed by atoms with Gasteiger partial charge in [-0.3, -0.25) is 24.0 Å². The summed E-state index contributed by atoms with van der Waals surface area (Å²) in [5.74, 6) is -5.99. The standard InChI is InChI=1S/C20H37N7O7/c1-3-10(2)16(19(32)25-12(20(33)34)6-4-5-7-21)27-18(31)13(9-15(24)29)26-17(30)11(22)8-14(23)28/h10-13,16H,3-9,21-22H2,1-2H3,(H2,23,28)(H2,24,29)(H,25,32)(H,26,30)(H,27,31)(H,33,34). The van der Waals surface area contributed by atoms with E-state index in [9.17, 15) is 33.9 Å². The Morgan fingerprint density at radius 1 is 0.824 bits per heavy atom. The van der Waals surface area contributed by atoms with Gasteiger partial charge in [-0.25, -0.2) is 4.79 Å². The number of primary amides is 2. The molecule has 0 aliphatic rings. The zero-order valence-electron chi connectivity index (χ0n) is 19.5. The fourth-order valence-electron chi connectivity index (χ4n) is 2.97. The SMILES string of the molecule is CCC(C)C(NC(=O)C(CC(N)=O)NC(=O)C(N)CC(N)=O)C(=O)NC(CCCCN)C(=O)O. The van der Waals surface area contributed by atoms with Gasteiger partial charge < -0.3 is 44.0 Å². The van der Waals surface area contributed by atoms with E-state index >= 15 is 0 Å². The van der Waals surface area contributed by atoms with Crippen molar-refractivity contribution in [2.45, 2.75) is 76.5 Å². The topological polar surface area (TPSA) is 263 Å². The van der Waals surface area contributed by atoms with Crippen LogP contribution in [0.4, 0.5) is 0 Å². The molecule has 34 heavy (non-hydrogen) atoms. The van der Waals surface area contributed by atoms with Gasteiger partial charge in [0.25, 0.3) is 0 Å². The third kappa shape index (κ3) is 11.6. The molecular formula is C20H37N7O7. The highest BCUT2D eigenvalue weighted by atomic mass is 16.4. The fourth-order valence-corrected chi connectivity index (χ4v) is 2.97. The molecule has 0 bridgehead atoms. The Morgan fingerprint density at radius 3 is 1.85 bits per heavy atom. The number of aliphatic carboxylic acids is 1. The lowest BCUT2D eigenvalue weighted by atomic mass is 9.97. The van der Waals surface area contributed by atoms with Crippen LogP contribution in [0.25, 0.3) is 0 Å². The Balaban J connectivity index is 5.53. The van der Waals surface area contributed by atoms with E-state index in [4.69, 9.17) is 22.9 Å². The summed E-state index contributed by atoms with van der Waals surface area (Å²) in [6.07, 6.45) is 0.559. The average molecular weight is 488 g/mol. The van der Waals surface area contributed by atoms with Gasteiger partial charge >= 0.3 is 5.97 Å². The second-order valence-corrected chi connectivity index (χ2v) is 8.06. The van der Waals surface area contributed by atoms with Crippen molar-refractivity contribution in [1.29, 1.82) is 0 Å². The summed E-state index contributed by atoms with van der Waals surface area (Å²) in [7, 11) is 0. The highest BCUT2D eigenvalue weighted by molar-refractivity contribution is 5.96. The molecule has 0 saturated heterocycles. The van der Waals surface area contributed by atoms with Gasteiger partial charge in [0.15, 0.2) is 0 Å². The van der Waals surface area contributed by atoms with E-state index in [1.165, 1.54) is 0 Å². The maximum atomic E-state index is 12.9. The normalized spacial score (nSPS) is 15.2. The van der Waals surface area contributed by atoms with E-state index < -0.39 is 78.4 Å². The van der Waals surface area contributed by atoms with Crippen molar-refractivity contribution in [2.24, 2.45) is 28.9 Å². The maximum absolute atomic E-state index is 12.9. The minimum Gasteiger partial charge on any atom is -0.480 e. The maximum Gasteiger partial charge on any atom is 0.326 e. The molecule has 0 heterocycles. The molecular weight excluding hydrogens is 450 g/mol. The molecule has 0 aliphatic heterocycles. The Bertz CT molecular complexity index is 747. The molecule has 0 saturated carbocycles. The number of hydrogen-bond acceptors (Lipinski definition) is 8. The Labute approximate surface area is 197 Å². The molecule has 0 aromatic carbocycles. The van der Waals surface area contributed by atoms with Gasteiger partial charge in [0, 0.05) is 0 Å². The molecule has 5 amide bonds. The van der Waals surface area contributed by atoms with Crippen molar-refractivity contribution in [3.05, 3.63) is 0 Å². The molecule has 0 fully saturated rings. The molecule has 0 spiro atoms. The van der Waals surface area contributed by atoms with Crippen molar-refractivity contribution in [3.63, 3.8) is 0 Å².